The summed E-state index contributed by atoms with van der Waals surface area (Å²) in [7, 11) is -2.49. The van der Waals surface area contributed by atoms with Gasteiger partial charge in [-0.3, -0.25) is 4.79 Å². The average molecular weight is 599 g/mol. The number of aliphatic hydroxyl groups excluding tert-OH is 1. The molecule has 0 radical (unpaired) electrons. The van der Waals surface area contributed by atoms with Crippen molar-refractivity contribution in [1.82, 2.24) is 9.62 Å². The summed E-state index contributed by atoms with van der Waals surface area (Å²) >= 11 is 6.45. The molecule has 1 atom stereocenters. The van der Waals surface area contributed by atoms with E-state index in [2.05, 4.69) is 43.4 Å². The maximum atomic E-state index is 13.3. The van der Waals surface area contributed by atoms with Crippen LogP contribution in [0.15, 0.2) is 71.6 Å². The average Bonchev–Trinajstić information content (AvgIpc) is 3.32. The van der Waals surface area contributed by atoms with Gasteiger partial charge >= 0.3 is 5.97 Å². The van der Waals surface area contributed by atoms with Crippen molar-refractivity contribution >= 4 is 27.6 Å². The number of fused-ring (bicyclic) bond motifs is 1. The van der Waals surface area contributed by atoms with Gasteiger partial charge in [-0.05, 0) is 85.4 Å². The molecule has 3 aromatic carbocycles. The number of halogens is 1. The molecule has 0 aromatic heterocycles. The van der Waals surface area contributed by atoms with Gasteiger partial charge in [0.25, 0.3) is 0 Å². The second-order valence-electron chi connectivity index (χ2n) is 11.7. The van der Waals surface area contributed by atoms with Gasteiger partial charge in [0, 0.05) is 32.1 Å². The Bertz CT molecular complexity index is 1450. The molecule has 3 aromatic rings. The van der Waals surface area contributed by atoms with Crippen LogP contribution < -0.4 is 5.32 Å². The molecule has 0 amide bonds. The van der Waals surface area contributed by atoms with Gasteiger partial charge in [-0.1, -0.05) is 66.2 Å². The van der Waals surface area contributed by atoms with E-state index in [0.29, 0.717) is 12.3 Å². The Hall–Kier alpha value is -2.75. The van der Waals surface area contributed by atoms with Crippen molar-refractivity contribution in [2.24, 2.45) is 5.92 Å². The van der Waals surface area contributed by atoms with Crippen LogP contribution in [-0.2, 0) is 34.1 Å². The minimum Gasteiger partial charge on any atom is -0.481 e. The molecule has 1 unspecified atom stereocenters. The van der Waals surface area contributed by atoms with Gasteiger partial charge in [0.05, 0.1) is 11.1 Å². The molecule has 3 N–H and O–H groups in total. The van der Waals surface area contributed by atoms with E-state index in [1.807, 2.05) is 24.3 Å². The highest BCUT2D eigenvalue weighted by Gasteiger charge is 2.30. The molecule has 0 saturated carbocycles. The molecule has 1 aliphatic carbocycles. The van der Waals surface area contributed by atoms with Gasteiger partial charge in [-0.15, -0.1) is 0 Å². The van der Waals surface area contributed by atoms with Crippen molar-refractivity contribution in [1.29, 1.82) is 0 Å². The van der Waals surface area contributed by atoms with E-state index in [4.69, 9.17) is 16.7 Å². The number of β-amino-alcohol motifs (C(OH)–C–C–N with tert-alkyl or cyclic N) is 1. The number of rotatable bonds is 13. The molecule has 220 valence electrons. The maximum Gasteiger partial charge on any atom is 0.303 e. The zero-order valence-corrected chi connectivity index (χ0v) is 25.4. The largest absolute Gasteiger partial charge is 0.481 e. The zero-order valence-electron chi connectivity index (χ0n) is 23.8. The molecule has 0 saturated heterocycles. The molecular formula is C32H39ClN2O5S. The topological polar surface area (TPSA) is 107 Å². The van der Waals surface area contributed by atoms with Crippen molar-refractivity contribution in [2.75, 3.05) is 20.1 Å². The molecule has 9 heteroatoms. The lowest BCUT2D eigenvalue weighted by Gasteiger charge is -2.31. The highest BCUT2D eigenvalue weighted by molar-refractivity contribution is 7.89. The van der Waals surface area contributed by atoms with Crippen molar-refractivity contribution in [3.05, 3.63) is 88.4 Å². The number of likely N-dealkylation sites (N-methyl/N-ethyl adjacent to an activating group) is 1. The van der Waals surface area contributed by atoms with Crippen LogP contribution in [0.1, 0.15) is 43.4 Å². The molecule has 4 rings (SSSR count). The summed E-state index contributed by atoms with van der Waals surface area (Å²) in [4.78, 5) is 10.8. The Balaban J connectivity index is 1.32. The first kappa shape index (κ1) is 31.2. The summed E-state index contributed by atoms with van der Waals surface area (Å²) in [6, 6.07) is 20.8. The third kappa shape index (κ3) is 8.17. The number of carboxylic acids is 1. The SMILES string of the molecule is CN(CC(O)CNC(C)(C)CC1Cc2ccccc2C1)S(=O)(=O)c1ccc(-c2ccc(CCC(=O)O)cc2)cc1Cl. The van der Waals surface area contributed by atoms with Gasteiger partial charge in [0.2, 0.25) is 10.0 Å². The van der Waals surface area contributed by atoms with Gasteiger partial charge in [-0.2, -0.15) is 4.31 Å². The smallest absolute Gasteiger partial charge is 0.303 e. The van der Waals surface area contributed by atoms with Crippen molar-refractivity contribution in [2.45, 2.75) is 62.5 Å². The van der Waals surface area contributed by atoms with Crippen molar-refractivity contribution < 1.29 is 23.4 Å². The molecule has 0 heterocycles. The number of aliphatic hydroxyl groups is 1. The number of hydrogen-bond acceptors (Lipinski definition) is 5. The number of carboxylic acid groups (broad SMARTS) is 1. The fourth-order valence-electron chi connectivity index (χ4n) is 5.61. The van der Waals surface area contributed by atoms with Crippen LogP contribution in [0, 0.1) is 5.92 Å². The fraction of sp³-hybridized carbons (Fsp3) is 0.406. The molecule has 41 heavy (non-hydrogen) atoms. The standard InChI is InChI=1S/C32H39ClN2O5S/c1-32(2,19-23-16-25-6-4-5-7-26(25)17-23)34-20-28(36)21-35(3)41(39,40)30-14-13-27(18-29(30)33)24-11-8-22(9-12-24)10-15-31(37)38/h4-9,11-14,18,23,28,34,36H,10,15-17,19-21H2,1-3H3,(H,37,38). The first-order valence-electron chi connectivity index (χ1n) is 13.9. The van der Waals surface area contributed by atoms with Crippen LogP contribution in [-0.4, -0.2) is 60.7 Å². The predicted molar refractivity (Wildman–Crippen MR) is 163 cm³/mol. The quantitative estimate of drug-likeness (QED) is 0.250. The molecule has 0 spiro atoms. The van der Waals surface area contributed by atoms with Crippen molar-refractivity contribution in [3.8, 4) is 11.1 Å². The maximum absolute atomic E-state index is 13.3. The molecule has 0 fully saturated rings. The minimum absolute atomic E-state index is 0.0233. The lowest BCUT2D eigenvalue weighted by Crippen LogP contribution is -2.47. The number of sulfonamides is 1. The lowest BCUT2D eigenvalue weighted by molar-refractivity contribution is -0.136. The highest BCUT2D eigenvalue weighted by Crippen LogP contribution is 2.32. The van der Waals surface area contributed by atoms with Crippen LogP contribution in [0.4, 0.5) is 0 Å². The Morgan fingerprint density at radius 2 is 1.66 bits per heavy atom. The van der Waals surface area contributed by atoms with E-state index in [1.165, 1.54) is 24.2 Å². The number of benzene rings is 3. The number of nitrogens with one attached hydrogen (secondary N) is 1. The molecule has 1 aliphatic rings. The number of carbonyl (C=O) groups is 1. The third-order valence-electron chi connectivity index (χ3n) is 7.75. The summed E-state index contributed by atoms with van der Waals surface area (Å²) in [6.07, 6.45) is 2.67. The Labute approximate surface area is 248 Å². The molecule has 0 aliphatic heterocycles. The summed E-state index contributed by atoms with van der Waals surface area (Å²) in [5.74, 6) is -0.309. The first-order chi connectivity index (χ1) is 19.3. The van der Waals surface area contributed by atoms with Crippen molar-refractivity contribution in [3.63, 3.8) is 0 Å². The highest BCUT2D eigenvalue weighted by atomic mass is 35.5. The van der Waals surface area contributed by atoms with E-state index in [9.17, 15) is 18.3 Å². The zero-order chi connectivity index (χ0) is 29.8. The van der Waals surface area contributed by atoms with E-state index < -0.39 is 22.1 Å². The minimum atomic E-state index is -3.93. The van der Waals surface area contributed by atoms with Gasteiger partial charge < -0.3 is 15.5 Å². The van der Waals surface area contributed by atoms with E-state index in [-0.39, 0.29) is 35.0 Å². The number of aryl methyl sites for hydroxylation is 1. The third-order valence-corrected chi connectivity index (χ3v) is 10.1. The summed E-state index contributed by atoms with van der Waals surface area (Å²) < 4.78 is 27.8. The number of hydrogen-bond donors (Lipinski definition) is 3. The van der Waals surface area contributed by atoms with E-state index >= 15 is 0 Å². The van der Waals surface area contributed by atoms with Crippen LogP contribution in [0.3, 0.4) is 0 Å². The summed E-state index contributed by atoms with van der Waals surface area (Å²) in [5, 5.41) is 23.1. The first-order valence-corrected chi connectivity index (χ1v) is 15.7. The molecule has 0 bridgehead atoms. The van der Waals surface area contributed by atoms with Gasteiger partial charge in [-0.25, -0.2) is 8.42 Å². The normalized spacial score (nSPS) is 14.8. The summed E-state index contributed by atoms with van der Waals surface area (Å²) in [5.41, 5.74) is 5.12. The number of nitrogens with zero attached hydrogens (tertiary/aromatic N) is 1. The van der Waals surface area contributed by atoms with Gasteiger partial charge in [0.1, 0.15) is 4.90 Å². The fourth-order valence-corrected chi connectivity index (χ4v) is 7.34. The Morgan fingerprint density at radius 3 is 2.24 bits per heavy atom. The monoisotopic (exact) mass is 598 g/mol. The molecule has 7 nitrogen and oxygen atoms in total. The van der Waals surface area contributed by atoms with E-state index in [1.54, 1.807) is 12.1 Å². The second-order valence-corrected chi connectivity index (χ2v) is 14.1. The Morgan fingerprint density at radius 1 is 1.05 bits per heavy atom. The predicted octanol–water partition coefficient (Wildman–Crippen LogP) is 5.18. The number of aliphatic carboxylic acids is 1. The van der Waals surface area contributed by atoms with E-state index in [0.717, 1.165) is 40.3 Å². The van der Waals surface area contributed by atoms with Gasteiger partial charge in [0.15, 0.2) is 0 Å². The summed E-state index contributed by atoms with van der Waals surface area (Å²) in [6.45, 7) is 4.43. The van der Waals surface area contributed by atoms with Crippen LogP contribution in [0.25, 0.3) is 11.1 Å². The van der Waals surface area contributed by atoms with Crippen LogP contribution >= 0.6 is 11.6 Å². The second kappa shape index (κ2) is 13.0. The Kier molecular flexibility index (Phi) is 9.93. The van der Waals surface area contributed by atoms with Crippen LogP contribution in [0.5, 0.6) is 0 Å². The molecular weight excluding hydrogens is 560 g/mol. The van der Waals surface area contributed by atoms with Crippen LogP contribution in [0.2, 0.25) is 5.02 Å². The lowest BCUT2D eigenvalue weighted by atomic mass is 9.88.